The van der Waals surface area contributed by atoms with E-state index in [0.717, 1.165) is 17.6 Å². The number of para-hydroxylation sites is 1. The standard InChI is InChI=1S/C20H17NO3.H2/c1-13-19(14(2)23)20(18(12-22)21-13)15-8-10-17(11-9-15)24-16-6-4-3-5-7-16;/h3-12,21H,1-2H3;1H. The molecule has 1 aromatic heterocycles. The quantitative estimate of drug-likeness (QED) is 0.529. The van der Waals surface area contributed by atoms with Crippen molar-refractivity contribution in [2.45, 2.75) is 13.8 Å². The molecule has 0 aliphatic heterocycles. The number of aryl methyl sites for hydroxylation is 1. The first-order valence-corrected chi connectivity index (χ1v) is 7.62. The van der Waals surface area contributed by atoms with Gasteiger partial charge in [-0.05, 0) is 43.7 Å². The smallest absolute Gasteiger partial charge is 0.166 e. The number of ether oxygens (including phenoxy) is 1. The Kier molecular flexibility index (Phi) is 4.29. The van der Waals surface area contributed by atoms with E-state index < -0.39 is 0 Å². The van der Waals surface area contributed by atoms with E-state index in [-0.39, 0.29) is 7.21 Å². The molecule has 2 aromatic carbocycles. The van der Waals surface area contributed by atoms with E-state index in [0.29, 0.717) is 28.3 Å². The molecule has 122 valence electrons. The fraction of sp³-hybridized carbons (Fsp3) is 0.100. The second-order valence-electron chi connectivity index (χ2n) is 5.53. The summed E-state index contributed by atoms with van der Waals surface area (Å²) in [6.45, 7) is 3.29. The van der Waals surface area contributed by atoms with E-state index in [4.69, 9.17) is 4.74 Å². The topological polar surface area (TPSA) is 59.2 Å². The number of hydrogen-bond donors (Lipinski definition) is 1. The highest BCUT2D eigenvalue weighted by Gasteiger charge is 2.19. The van der Waals surface area contributed by atoms with Crippen LogP contribution < -0.4 is 4.74 Å². The lowest BCUT2D eigenvalue weighted by Gasteiger charge is -2.08. The van der Waals surface area contributed by atoms with Crippen LogP contribution in [0, 0.1) is 6.92 Å². The summed E-state index contributed by atoms with van der Waals surface area (Å²) in [5, 5.41) is 0. The van der Waals surface area contributed by atoms with Gasteiger partial charge in [0, 0.05) is 18.2 Å². The molecule has 0 bridgehead atoms. The van der Waals surface area contributed by atoms with Gasteiger partial charge in [0.2, 0.25) is 0 Å². The monoisotopic (exact) mass is 321 g/mol. The van der Waals surface area contributed by atoms with Crippen LogP contribution in [0.25, 0.3) is 11.1 Å². The van der Waals surface area contributed by atoms with Crippen molar-refractivity contribution in [2.75, 3.05) is 0 Å². The maximum atomic E-state index is 11.9. The molecule has 4 heteroatoms. The number of aromatic nitrogens is 1. The van der Waals surface area contributed by atoms with Crippen molar-refractivity contribution in [1.29, 1.82) is 0 Å². The van der Waals surface area contributed by atoms with Crippen LogP contribution in [-0.4, -0.2) is 17.1 Å². The molecule has 0 spiro atoms. The van der Waals surface area contributed by atoms with Gasteiger partial charge in [-0.2, -0.15) is 0 Å². The number of aromatic amines is 1. The minimum atomic E-state index is -0.0727. The number of H-pyrrole nitrogens is 1. The van der Waals surface area contributed by atoms with E-state index in [1.54, 1.807) is 6.92 Å². The third kappa shape index (κ3) is 2.99. The first kappa shape index (κ1) is 15.7. The van der Waals surface area contributed by atoms with Crippen LogP contribution in [0.5, 0.6) is 11.5 Å². The fourth-order valence-electron chi connectivity index (χ4n) is 2.79. The third-order valence-corrected chi connectivity index (χ3v) is 3.81. The lowest BCUT2D eigenvalue weighted by atomic mass is 9.98. The number of hydrogen-bond acceptors (Lipinski definition) is 3. The first-order valence-electron chi connectivity index (χ1n) is 7.62. The van der Waals surface area contributed by atoms with Crippen LogP contribution in [0.1, 0.15) is 34.9 Å². The molecule has 1 N–H and O–H groups in total. The number of aldehydes is 1. The highest BCUT2D eigenvalue weighted by Crippen LogP contribution is 2.32. The molecule has 0 radical (unpaired) electrons. The Morgan fingerprint density at radius 3 is 2.25 bits per heavy atom. The maximum Gasteiger partial charge on any atom is 0.166 e. The van der Waals surface area contributed by atoms with Gasteiger partial charge in [-0.1, -0.05) is 30.3 Å². The summed E-state index contributed by atoms with van der Waals surface area (Å²) in [4.78, 5) is 26.2. The highest BCUT2D eigenvalue weighted by atomic mass is 16.5. The maximum absolute atomic E-state index is 11.9. The van der Waals surface area contributed by atoms with Crippen molar-refractivity contribution >= 4 is 12.1 Å². The van der Waals surface area contributed by atoms with Gasteiger partial charge in [-0.3, -0.25) is 9.59 Å². The van der Waals surface area contributed by atoms with Crippen LogP contribution in [0.3, 0.4) is 0 Å². The second kappa shape index (κ2) is 6.54. The van der Waals surface area contributed by atoms with Crippen molar-refractivity contribution < 1.29 is 15.8 Å². The van der Waals surface area contributed by atoms with Crippen LogP contribution in [-0.2, 0) is 0 Å². The molecule has 0 amide bonds. The van der Waals surface area contributed by atoms with E-state index in [2.05, 4.69) is 4.98 Å². The van der Waals surface area contributed by atoms with Crippen molar-refractivity contribution in [3.05, 3.63) is 71.5 Å². The Bertz CT molecular complexity index is 883. The SMILES string of the molecule is CC(=O)c1c(C)[nH]c(C=O)c1-c1ccc(Oc2ccccc2)cc1.[HH]. The molecular weight excluding hydrogens is 302 g/mol. The first-order chi connectivity index (χ1) is 11.6. The number of Topliss-reactive ketones (excluding diaryl/α,β-unsaturated/α-hetero) is 1. The molecule has 4 nitrogen and oxygen atoms in total. The molecule has 0 aliphatic carbocycles. The van der Waals surface area contributed by atoms with Gasteiger partial charge in [0.25, 0.3) is 0 Å². The highest BCUT2D eigenvalue weighted by molar-refractivity contribution is 6.06. The third-order valence-electron chi connectivity index (χ3n) is 3.81. The summed E-state index contributed by atoms with van der Waals surface area (Å²) in [6, 6.07) is 16.8. The zero-order chi connectivity index (χ0) is 17.1. The average Bonchev–Trinajstić information content (AvgIpc) is 2.93. The van der Waals surface area contributed by atoms with Gasteiger partial charge in [0.05, 0.1) is 5.69 Å². The summed E-state index contributed by atoms with van der Waals surface area (Å²) >= 11 is 0. The molecule has 0 aliphatic rings. The second-order valence-corrected chi connectivity index (χ2v) is 5.53. The Morgan fingerprint density at radius 2 is 1.67 bits per heavy atom. The fourth-order valence-corrected chi connectivity index (χ4v) is 2.79. The van der Waals surface area contributed by atoms with Gasteiger partial charge < -0.3 is 9.72 Å². The van der Waals surface area contributed by atoms with Gasteiger partial charge >= 0.3 is 0 Å². The number of carbonyl (C=O) groups is 2. The van der Waals surface area contributed by atoms with Crippen LogP contribution in [0.2, 0.25) is 0 Å². The Morgan fingerprint density at radius 1 is 1.04 bits per heavy atom. The Labute approximate surface area is 141 Å². The molecule has 0 fully saturated rings. The summed E-state index contributed by atoms with van der Waals surface area (Å²) in [5.74, 6) is 1.37. The molecular formula is C20H19NO3. The molecule has 0 saturated carbocycles. The number of ketones is 1. The summed E-state index contributed by atoms with van der Waals surface area (Å²) in [7, 11) is 0. The molecule has 3 rings (SSSR count). The predicted molar refractivity (Wildman–Crippen MR) is 95.0 cm³/mol. The molecule has 24 heavy (non-hydrogen) atoms. The number of benzene rings is 2. The molecule has 0 atom stereocenters. The summed E-state index contributed by atoms with van der Waals surface area (Å²) < 4.78 is 5.76. The van der Waals surface area contributed by atoms with Gasteiger partial charge in [-0.15, -0.1) is 0 Å². The van der Waals surface area contributed by atoms with Crippen LogP contribution in [0.15, 0.2) is 54.6 Å². The van der Waals surface area contributed by atoms with E-state index in [9.17, 15) is 9.59 Å². The lowest BCUT2D eigenvalue weighted by molar-refractivity contribution is 0.101. The molecule has 0 unspecified atom stereocenters. The van der Waals surface area contributed by atoms with Crippen molar-refractivity contribution in [1.82, 2.24) is 4.98 Å². The summed E-state index contributed by atoms with van der Waals surface area (Å²) in [5.41, 5.74) is 3.10. The van der Waals surface area contributed by atoms with Crippen molar-refractivity contribution in [3.8, 4) is 22.6 Å². The lowest BCUT2D eigenvalue weighted by Crippen LogP contribution is -1.96. The van der Waals surface area contributed by atoms with E-state index in [1.165, 1.54) is 6.92 Å². The Balaban J connectivity index is 0.00000225. The number of rotatable bonds is 5. The van der Waals surface area contributed by atoms with Gasteiger partial charge in [-0.25, -0.2) is 0 Å². The number of carbonyl (C=O) groups excluding carboxylic acids is 2. The number of nitrogens with one attached hydrogen (secondary N) is 1. The zero-order valence-electron chi connectivity index (χ0n) is 13.5. The normalized spacial score (nSPS) is 10.4. The largest absolute Gasteiger partial charge is 0.457 e. The van der Waals surface area contributed by atoms with E-state index >= 15 is 0 Å². The summed E-state index contributed by atoms with van der Waals surface area (Å²) in [6.07, 6.45) is 0.739. The van der Waals surface area contributed by atoms with Crippen LogP contribution in [0.4, 0.5) is 0 Å². The molecule has 1 heterocycles. The average molecular weight is 321 g/mol. The minimum Gasteiger partial charge on any atom is -0.457 e. The predicted octanol–water partition coefficient (Wildman–Crippen LogP) is 5.04. The van der Waals surface area contributed by atoms with E-state index in [1.807, 2.05) is 54.6 Å². The van der Waals surface area contributed by atoms with Crippen LogP contribution >= 0.6 is 0 Å². The minimum absolute atomic E-state index is 0. The van der Waals surface area contributed by atoms with Crippen molar-refractivity contribution in [2.24, 2.45) is 0 Å². The molecule has 0 saturated heterocycles. The van der Waals surface area contributed by atoms with Gasteiger partial charge in [0.15, 0.2) is 12.1 Å². The zero-order valence-corrected chi connectivity index (χ0v) is 13.5. The molecule has 3 aromatic rings. The van der Waals surface area contributed by atoms with Crippen molar-refractivity contribution in [3.63, 3.8) is 0 Å². The Hall–Kier alpha value is -3.14. The van der Waals surface area contributed by atoms with Gasteiger partial charge in [0.1, 0.15) is 11.5 Å².